The van der Waals surface area contributed by atoms with Crippen molar-refractivity contribution in [1.82, 2.24) is 0 Å². The third kappa shape index (κ3) is 2.65. The summed E-state index contributed by atoms with van der Waals surface area (Å²) in [6, 6.07) is 12.4. The molecule has 2 aromatic rings. The number of hydrogen-bond acceptors (Lipinski definition) is 2. The van der Waals surface area contributed by atoms with Crippen LogP contribution in [0.25, 0.3) is 0 Å². The number of benzene rings is 2. The van der Waals surface area contributed by atoms with Gasteiger partial charge in [0, 0.05) is 32.5 Å². The summed E-state index contributed by atoms with van der Waals surface area (Å²) >= 11 is 7.11. The molecule has 0 bridgehead atoms. The largest absolute Gasteiger partial charge is 0.485 e. The number of halogens is 2. The Kier molecular flexibility index (Phi) is 3.89. The monoisotopic (exact) mass is 395 g/mol. The van der Waals surface area contributed by atoms with Crippen molar-refractivity contribution < 1.29 is 4.74 Å². The van der Waals surface area contributed by atoms with Crippen molar-refractivity contribution >= 4 is 31.9 Å². The lowest BCUT2D eigenvalue weighted by atomic mass is 9.93. The highest BCUT2D eigenvalue weighted by Crippen LogP contribution is 2.42. The molecule has 20 heavy (non-hydrogen) atoms. The molecule has 1 aliphatic heterocycles. The molecule has 0 saturated carbocycles. The van der Waals surface area contributed by atoms with Crippen LogP contribution in [0, 0.1) is 6.92 Å². The Hall–Kier alpha value is -0.840. The zero-order valence-corrected chi connectivity index (χ0v) is 14.2. The SMILES string of the molecule is Cc1ccc(C2CC(N)c3ccc(Br)cc3O2)c(Br)c1. The lowest BCUT2D eigenvalue weighted by Crippen LogP contribution is -2.24. The van der Waals surface area contributed by atoms with Crippen LogP contribution in [0.15, 0.2) is 45.3 Å². The van der Waals surface area contributed by atoms with E-state index in [0.717, 1.165) is 32.2 Å². The first-order valence-corrected chi connectivity index (χ1v) is 8.11. The number of ether oxygens (including phenoxy) is 1. The quantitative estimate of drug-likeness (QED) is 0.732. The van der Waals surface area contributed by atoms with Crippen molar-refractivity contribution in [2.75, 3.05) is 0 Å². The van der Waals surface area contributed by atoms with Gasteiger partial charge in [-0.05, 0) is 30.7 Å². The van der Waals surface area contributed by atoms with E-state index in [4.69, 9.17) is 10.5 Å². The van der Waals surface area contributed by atoms with Crippen LogP contribution in [0.1, 0.15) is 35.3 Å². The van der Waals surface area contributed by atoms with Crippen LogP contribution in [-0.4, -0.2) is 0 Å². The summed E-state index contributed by atoms with van der Waals surface area (Å²) in [5, 5.41) is 0. The third-order valence-corrected chi connectivity index (χ3v) is 4.80. The number of aryl methyl sites for hydroxylation is 1. The van der Waals surface area contributed by atoms with Crippen molar-refractivity contribution in [3.8, 4) is 5.75 Å². The van der Waals surface area contributed by atoms with Crippen LogP contribution in [0.5, 0.6) is 5.75 Å². The van der Waals surface area contributed by atoms with E-state index < -0.39 is 0 Å². The zero-order chi connectivity index (χ0) is 14.3. The van der Waals surface area contributed by atoms with Crippen LogP contribution in [-0.2, 0) is 0 Å². The average molecular weight is 397 g/mol. The fourth-order valence-electron chi connectivity index (χ4n) is 2.56. The highest BCUT2D eigenvalue weighted by Gasteiger charge is 2.28. The molecule has 2 N–H and O–H groups in total. The highest BCUT2D eigenvalue weighted by molar-refractivity contribution is 9.10. The lowest BCUT2D eigenvalue weighted by molar-refractivity contribution is 0.160. The van der Waals surface area contributed by atoms with Gasteiger partial charge in [0.1, 0.15) is 11.9 Å². The summed E-state index contributed by atoms with van der Waals surface area (Å²) < 4.78 is 8.23. The molecular formula is C16H15Br2NO. The molecule has 1 aliphatic rings. The molecule has 3 rings (SSSR count). The first-order valence-electron chi connectivity index (χ1n) is 6.52. The predicted molar refractivity (Wildman–Crippen MR) is 87.9 cm³/mol. The number of rotatable bonds is 1. The molecule has 4 heteroatoms. The van der Waals surface area contributed by atoms with Gasteiger partial charge in [-0.2, -0.15) is 0 Å². The highest BCUT2D eigenvalue weighted by atomic mass is 79.9. The topological polar surface area (TPSA) is 35.2 Å². The van der Waals surface area contributed by atoms with Gasteiger partial charge in [-0.3, -0.25) is 0 Å². The van der Waals surface area contributed by atoms with Crippen LogP contribution in [0.3, 0.4) is 0 Å². The molecule has 2 unspecified atom stereocenters. The van der Waals surface area contributed by atoms with E-state index in [1.165, 1.54) is 5.56 Å². The minimum atomic E-state index is -0.0122. The van der Waals surface area contributed by atoms with Crippen LogP contribution < -0.4 is 10.5 Å². The van der Waals surface area contributed by atoms with Gasteiger partial charge in [-0.15, -0.1) is 0 Å². The van der Waals surface area contributed by atoms with Crippen LogP contribution in [0.2, 0.25) is 0 Å². The second-order valence-corrected chi connectivity index (χ2v) is 6.93. The van der Waals surface area contributed by atoms with Gasteiger partial charge in [-0.1, -0.05) is 50.1 Å². The second-order valence-electron chi connectivity index (χ2n) is 5.16. The molecule has 0 aromatic heterocycles. The Balaban J connectivity index is 1.98. The van der Waals surface area contributed by atoms with E-state index in [1.54, 1.807) is 0 Å². The molecular weight excluding hydrogens is 382 g/mol. The van der Waals surface area contributed by atoms with Gasteiger partial charge in [0.25, 0.3) is 0 Å². The smallest absolute Gasteiger partial charge is 0.127 e. The summed E-state index contributed by atoms with van der Waals surface area (Å²) in [6.07, 6.45) is 0.776. The molecule has 1 heterocycles. The summed E-state index contributed by atoms with van der Waals surface area (Å²) in [5.74, 6) is 0.871. The average Bonchev–Trinajstić information content (AvgIpc) is 2.37. The van der Waals surface area contributed by atoms with E-state index in [2.05, 4.69) is 57.0 Å². The molecule has 0 spiro atoms. The number of nitrogens with two attached hydrogens (primary N) is 1. The number of hydrogen-bond donors (Lipinski definition) is 1. The van der Waals surface area contributed by atoms with E-state index in [-0.39, 0.29) is 12.1 Å². The maximum Gasteiger partial charge on any atom is 0.127 e. The zero-order valence-electron chi connectivity index (χ0n) is 11.1. The van der Waals surface area contributed by atoms with Crippen LogP contribution >= 0.6 is 31.9 Å². The Labute approximate surface area is 135 Å². The van der Waals surface area contributed by atoms with Crippen molar-refractivity contribution in [1.29, 1.82) is 0 Å². The Morgan fingerprint density at radius 2 is 1.85 bits per heavy atom. The maximum atomic E-state index is 6.29. The summed E-state index contributed by atoms with van der Waals surface area (Å²) in [7, 11) is 0. The minimum absolute atomic E-state index is 0.00468. The first-order chi connectivity index (χ1) is 9.54. The van der Waals surface area contributed by atoms with Gasteiger partial charge in [0.2, 0.25) is 0 Å². The van der Waals surface area contributed by atoms with Gasteiger partial charge >= 0.3 is 0 Å². The molecule has 0 amide bonds. The Morgan fingerprint density at radius 3 is 2.60 bits per heavy atom. The molecule has 0 saturated heterocycles. The molecule has 2 nitrogen and oxygen atoms in total. The Bertz CT molecular complexity index is 657. The predicted octanol–water partition coefficient (Wildman–Crippen LogP) is 5.04. The van der Waals surface area contributed by atoms with E-state index in [0.29, 0.717) is 0 Å². The van der Waals surface area contributed by atoms with Crippen molar-refractivity contribution in [3.05, 3.63) is 62.0 Å². The third-order valence-electron chi connectivity index (χ3n) is 3.62. The summed E-state index contributed by atoms with van der Waals surface area (Å²) in [5.41, 5.74) is 9.75. The van der Waals surface area contributed by atoms with Crippen LogP contribution in [0.4, 0.5) is 0 Å². The van der Waals surface area contributed by atoms with Gasteiger partial charge in [-0.25, -0.2) is 0 Å². The van der Waals surface area contributed by atoms with Gasteiger partial charge in [0.05, 0.1) is 0 Å². The first kappa shape index (κ1) is 14.1. The number of fused-ring (bicyclic) bond motifs is 1. The fourth-order valence-corrected chi connectivity index (χ4v) is 3.65. The minimum Gasteiger partial charge on any atom is -0.485 e. The Morgan fingerprint density at radius 1 is 1.10 bits per heavy atom. The molecule has 2 aromatic carbocycles. The van der Waals surface area contributed by atoms with E-state index >= 15 is 0 Å². The van der Waals surface area contributed by atoms with Crippen molar-refractivity contribution in [2.45, 2.75) is 25.5 Å². The molecule has 0 aliphatic carbocycles. The van der Waals surface area contributed by atoms with Gasteiger partial charge in [0.15, 0.2) is 0 Å². The second kappa shape index (κ2) is 5.51. The van der Waals surface area contributed by atoms with E-state index in [1.807, 2.05) is 18.2 Å². The van der Waals surface area contributed by atoms with Crippen molar-refractivity contribution in [3.63, 3.8) is 0 Å². The molecule has 2 atom stereocenters. The molecule has 0 fully saturated rings. The maximum absolute atomic E-state index is 6.29. The van der Waals surface area contributed by atoms with Gasteiger partial charge < -0.3 is 10.5 Å². The summed E-state index contributed by atoms with van der Waals surface area (Å²) in [6.45, 7) is 2.08. The lowest BCUT2D eigenvalue weighted by Gasteiger charge is -2.31. The standard InChI is InChI=1S/C16H15Br2NO/c1-9-2-4-11(13(18)6-9)16-8-14(19)12-5-3-10(17)7-15(12)20-16/h2-7,14,16H,8,19H2,1H3. The summed E-state index contributed by atoms with van der Waals surface area (Å²) in [4.78, 5) is 0. The van der Waals surface area contributed by atoms with Crippen molar-refractivity contribution in [2.24, 2.45) is 5.73 Å². The van der Waals surface area contributed by atoms with E-state index in [9.17, 15) is 0 Å². The fraction of sp³-hybridized carbons (Fsp3) is 0.250. The molecule has 104 valence electrons. The molecule has 0 radical (unpaired) electrons. The normalized spacial score (nSPS) is 21.2.